The fourth-order valence-electron chi connectivity index (χ4n) is 2.88. The second-order valence-electron chi connectivity index (χ2n) is 6.06. The molecule has 1 aliphatic rings. The Morgan fingerprint density at radius 2 is 1.95 bits per heavy atom. The van der Waals surface area contributed by atoms with Crippen LogP contribution in [0.3, 0.4) is 0 Å². The highest BCUT2D eigenvalue weighted by Crippen LogP contribution is 2.21. The molecule has 0 saturated carbocycles. The van der Waals surface area contributed by atoms with Gasteiger partial charge in [0.25, 0.3) is 0 Å². The molecule has 0 aromatic carbocycles. The molecule has 0 bridgehead atoms. The lowest BCUT2D eigenvalue weighted by atomic mass is 10.2. The summed E-state index contributed by atoms with van der Waals surface area (Å²) >= 11 is 1.94. The Balaban J connectivity index is 1.85. The molecule has 21 heavy (non-hydrogen) atoms. The van der Waals surface area contributed by atoms with Gasteiger partial charge in [0.15, 0.2) is 0 Å². The van der Waals surface area contributed by atoms with Crippen LogP contribution in [0.1, 0.15) is 61.5 Å². The van der Waals surface area contributed by atoms with Crippen molar-refractivity contribution in [2.75, 3.05) is 26.2 Å². The molecule has 2 heterocycles. The highest BCUT2D eigenvalue weighted by molar-refractivity contribution is 7.11. The van der Waals surface area contributed by atoms with Crippen molar-refractivity contribution >= 4 is 11.3 Å². The first-order valence-corrected chi connectivity index (χ1v) is 9.55. The largest absolute Gasteiger partial charge is 0.312 e. The molecule has 0 spiro atoms. The van der Waals surface area contributed by atoms with Gasteiger partial charge in [-0.1, -0.05) is 26.7 Å². The maximum absolute atomic E-state index is 4.91. The number of nitrogens with zero attached hydrogens (tertiary/aromatic N) is 2. The van der Waals surface area contributed by atoms with Crippen LogP contribution in [-0.2, 0) is 19.4 Å². The molecule has 0 amide bonds. The number of unbranched alkanes of at least 4 members (excludes halogenated alkanes) is 1. The number of hydrogen-bond acceptors (Lipinski definition) is 4. The van der Waals surface area contributed by atoms with E-state index < -0.39 is 0 Å². The number of rotatable bonds is 10. The number of aromatic nitrogens is 1. The van der Waals surface area contributed by atoms with Crippen LogP contribution < -0.4 is 5.32 Å². The number of thiazole rings is 1. The van der Waals surface area contributed by atoms with E-state index >= 15 is 0 Å². The third-order valence-corrected chi connectivity index (χ3v) is 5.30. The van der Waals surface area contributed by atoms with E-state index in [1.54, 1.807) is 0 Å². The van der Waals surface area contributed by atoms with Crippen molar-refractivity contribution in [3.63, 3.8) is 0 Å². The summed E-state index contributed by atoms with van der Waals surface area (Å²) in [6.07, 6.45) is 8.75. The van der Waals surface area contributed by atoms with E-state index in [4.69, 9.17) is 4.98 Å². The van der Waals surface area contributed by atoms with E-state index in [9.17, 15) is 0 Å². The van der Waals surface area contributed by atoms with Crippen LogP contribution in [0.25, 0.3) is 0 Å². The van der Waals surface area contributed by atoms with Crippen LogP contribution in [0.5, 0.6) is 0 Å². The van der Waals surface area contributed by atoms with Crippen LogP contribution in [-0.4, -0.2) is 36.1 Å². The molecule has 2 rings (SSSR count). The SMILES string of the molecule is CCCCNCc1sc(CCN2CCCC2)nc1CCC. The predicted molar refractivity (Wildman–Crippen MR) is 92.1 cm³/mol. The predicted octanol–water partition coefficient (Wildman–Crippen LogP) is 3.62. The highest BCUT2D eigenvalue weighted by Gasteiger charge is 2.14. The van der Waals surface area contributed by atoms with Gasteiger partial charge < -0.3 is 10.2 Å². The lowest BCUT2D eigenvalue weighted by molar-refractivity contribution is 0.343. The number of nitrogens with one attached hydrogen (secondary N) is 1. The zero-order valence-electron chi connectivity index (χ0n) is 13.8. The lowest BCUT2D eigenvalue weighted by Gasteiger charge is -2.12. The number of hydrogen-bond donors (Lipinski definition) is 1. The lowest BCUT2D eigenvalue weighted by Crippen LogP contribution is -2.21. The summed E-state index contributed by atoms with van der Waals surface area (Å²) in [6.45, 7) is 10.4. The van der Waals surface area contributed by atoms with E-state index in [0.717, 1.165) is 25.9 Å². The van der Waals surface area contributed by atoms with E-state index in [0.29, 0.717) is 0 Å². The summed E-state index contributed by atoms with van der Waals surface area (Å²) in [5, 5.41) is 4.92. The van der Waals surface area contributed by atoms with Gasteiger partial charge in [0.2, 0.25) is 0 Å². The van der Waals surface area contributed by atoms with Crippen LogP contribution in [0.15, 0.2) is 0 Å². The molecule has 1 aromatic heterocycles. The van der Waals surface area contributed by atoms with Crippen LogP contribution >= 0.6 is 11.3 Å². The third kappa shape index (κ3) is 5.68. The summed E-state index contributed by atoms with van der Waals surface area (Å²) in [5.41, 5.74) is 1.35. The maximum atomic E-state index is 4.91. The molecule has 0 aliphatic carbocycles. The summed E-state index contributed by atoms with van der Waals surface area (Å²) in [7, 11) is 0. The minimum absolute atomic E-state index is 1.01. The Morgan fingerprint density at radius 3 is 2.67 bits per heavy atom. The fraction of sp³-hybridized carbons (Fsp3) is 0.824. The Kier molecular flexibility index (Phi) is 7.69. The molecule has 4 heteroatoms. The average Bonchev–Trinajstić information content (AvgIpc) is 3.12. The molecule has 1 aliphatic heterocycles. The highest BCUT2D eigenvalue weighted by atomic mass is 32.1. The molecule has 1 aromatic rings. The molecule has 1 N–H and O–H groups in total. The first-order valence-electron chi connectivity index (χ1n) is 8.74. The molecular formula is C17H31N3S. The smallest absolute Gasteiger partial charge is 0.0944 e. The van der Waals surface area contributed by atoms with Crippen molar-refractivity contribution in [1.29, 1.82) is 0 Å². The molecule has 1 saturated heterocycles. The standard InChI is InChI=1S/C17H31N3S/c1-3-5-10-18-14-16-15(8-4-2)19-17(21-16)9-13-20-11-6-7-12-20/h18H,3-14H2,1-2H3. The molecule has 0 unspecified atom stereocenters. The summed E-state index contributed by atoms with van der Waals surface area (Å²) in [6, 6.07) is 0. The monoisotopic (exact) mass is 309 g/mol. The van der Waals surface area contributed by atoms with Gasteiger partial charge in [0.1, 0.15) is 0 Å². The van der Waals surface area contributed by atoms with Crippen molar-refractivity contribution in [1.82, 2.24) is 15.2 Å². The first-order chi connectivity index (χ1) is 10.3. The Bertz CT molecular complexity index is 397. The third-order valence-electron chi connectivity index (χ3n) is 4.14. The fourth-order valence-corrected chi connectivity index (χ4v) is 3.95. The maximum Gasteiger partial charge on any atom is 0.0944 e. The summed E-state index contributed by atoms with van der Waals surface area (Å²) in [4.78, 5) is 8.97. The molecule has 120 valence electrons. The number of likely N-dealkylation sites (tertiary alicyclic amines) is 1. The van der Waals surface area contributed by atoms with E-state index in [1.807, 2.05) is 11.3 Å². The van der Waals surface area contributed by atoms with Crippen molar-refractivity contribution in [2.45, 2.75) is 65.3 Å². The quantitative estimate of drug-likeness (QED) is 0.669. The Morgan fingerprint density at radius 1 is 1.14 bits per heavy atom. The minimum Gasteiger partial charge on any atom is -0.312 e. The number of aryl methyl sites for hydroxylation is 1. The van der Waals surface area contributed by atoms with Crippen molar-refractivity contribution in [2.24, 2.45) is 0 Å². The Hall–Kier alpha value is -0.450. The van der Waals surface area contributed by atoms with Crippen LogP contribution in [0.4, 0.5) is 0 Å². The summed E-state index contributed by atoms with van der Waals surface area (Å²) in [5.74, 6) is 0. The van der Waals surface area contributed by atoms with Gasteiger partial charge in [-0.3, -0.25) is 0 Å². The second-order valence-corrected chi connectivity index (χ2v) is 7.22. The second kappa shape index (κ2) is 9.54. The van der Waals surface area contributed by atoms with E-state index in [1.165, 1.54) is 67.3 Å². The van der Waals surface area contributed by atoms with Crippen LogP contribution in [0, 0.1) is 0 Å². The van der Waals surface area contributed by atoms with Gasteiger partial charge in [-0.2, -0.15) is 0 Å². The molecule has 0 atom stereocenters. The van der Waals surface area contributed by atoms with Gasteiger partial charge in [-0.15, -0.1) is 11.3 Å². The van der Waals surface area contributed by atoms with E-state index in [-0.39, 0.29) is 0 Å². The van der Waals surface area contributed by atoms with Gasteiger partial charge >= 0.3 is 0 Å². The van der Waals surface area contributed by atoms with Gasteiger partial charge in [-0.25, -0.2) is 4.98 Å². The van der Waals surface area contributed by atoms with Gasteiger partial charge in [0, 0.05) is 24.4 Å². The van der Waals surface area contributed by atoms with Gasteiger partial charge in [-0.05, 0) is 45.3 Å². The zero-order chi connectivity index (χ0) is 14.9. The first kappa shape index (κ1) is 16.9. The van der Waals surface area contributed by atoms with Crippen molar-refractivity contribution < 1.29 is 0 Å². The summed E-state index contributed by atoms with van der Waals surface area (Å²) < 4.78 is 0. The van der Waals surface area contributed by atoms with Crippen molar-refractivity contribution in [3.05, 3.63) is 15.6 Å². The zero-order valence-corrected chi connectivity index (χ0v) is 14.6. The Labute approximate surface area is 134 Å². The molecular weight excluding hydrogens is 278 g/mol. The van der Waals surface area contributed by atoms with Crippen LogP contribution in [0.2, 0.25) is 0 Å². The molecule has 1 fully saturated rings. The molecule has 3 nitrogen and oxygen atoms in total. The van der Waals surface area contributed by atoms with Gasteiger partial charge in [0.05, 0.1) is 10.7 Å². The van der Waals surface area contributed by atoms with E-state index in [2.05, 4.69) is 24.1 Å². The normalized spacial score (nSPS) is 15.9. The molecule has 0 radical (unpaired) electrons. The van der Waals surface area contributed by atoms with Crippen molar-refractivity contribution in [3.8, 4) is 0 Å². The average molecular weight is 310 g/mol. The topological polar surface area (TPSA) is 28.2 Å². The minimum atomic E-state index is 1.01.